The molecule has 0 radical (unpaired) electrons. The van der Waals surface area contributed by atoms with E-state index in [1.165, 1.54) is 0 Å². The highest BCUT2D eigenvalue weighted by atomic mass is 16.2. The van der Waals surface area contributed by atoms with Gasteiger partial charge < -0.3 is 16.0 Å². The molecule has 19 heavy (non-hydrogen) atoms. The predicted octanol–water partition coefficient (Wildman–Crippen LogP) is 1.67. The maximum absolute atomic E-state index is 11.7. The van der Waals surface area contributed by atoms with E-state index in [1.54, 1.807) is 4.90 Å². The number of anilines is 1. The first-order valence-electron chi connectivity index (χ1n) is 6.57. The Kier molecular flexibility index (Phi) is 6.43. The predicted molar refractivity (Wildman–Crippen MR) is 79.1 cm³/mol. The lowest BCUT2D eigenvalue weighted by Crippen LogP contribution is -2.31. The number of aliphatic imine (C=N–C) groups is 1. The summed E-state index contributed by atoms with van der Waals surface area (Å²) in [5, 5.41) is 2.98. The summed E-state index contributed by atoms with van der Waals surface area (Å²) in [6, 6.07) is 9.58. The fourth-order valence-electron chi connectivity index (χ4n) is 1.72. The van der Waals surface area contributed by atoms with Crippen LogP contribution >= 0.6 is 0 Å². The van der Waals surface area contributed by atoms with Gasteiger partial charge in [0.15, 0.2) is 5.96 Å². The molecule has 0 aromatic heterocycles. The van der Waals surface area contributed by atoms with Crippen LogP contribution in [-0.4, -0.2) is 36.4 Å². The van der Waals surface area contributed by atoms with Crippen molar-refractivity contribution in [3.8, 4) is 0 Å². The molecule has 1 aromatic carbocycles. The lowest BCUT2D eigenvalue weighted by atomic mass is 10.3. The Balaban J connectivity index is 2.38. The third-order valence-electron chi connectivity index (χ3n) is 2.77. The summed E-state index contributed by atoms with van der Waals surface area (Å²) in [5.41, 5.74) is 6.63. The number of benzene rings is 1. The van der Waals surface area contributed by atoms with Crippen LogP contribution in [-0.2, 0) is 4.79 Å². The number of rotatable bonds is 6. The molecule has 5 nitrogen and oxygen atoms in total. The molecule has 0 aliphatic heterocycles. The number of nitrogens with zero attached hydrogens (tertiary/aromatic N) is 2. The number of guanidine groups is 1. The zero-order valence-corrected chi connectivity index (χ0v) is 11.6. The van der Waals surface area contributed by atoms with Gasteiger partial charge in [0.05, 0.1) is 6.54 Å². The SMILES string of the molecule is CCN(CC)C(=O)CCN=C(N)Nc1ccccc1. The minimum Gasteiger partial charge on any atom is -0.370 e. The van der Waals surface area contributed by atoms with E-state index in [2.05, 4.69) is 10.3 Å². The molecular formula is C14H22N4O. The van der Waals surface area contributed by atoms with Crippen molar-refractivity contribution < 1.29 is 4.79 Å². The van der Waals surface area contributed by atoms with Gasteiger partial charge in [-0.15, -0.1) is 0 Å². The van der Waals surface area contributed by atoms with Gasteiger partial charge in [-0.2, -0.15) is 0 Å². The van der Waals surface area contributed by atoms with Crippen molar-refractivity contribution in [2.45, 2.75) is 20.3 Å². The number of amides is 1. The van der Waals surface area contributed by atoms with Crippen LogP contribution in [0.15, 0.2) is 35.3 Å². The molecule has 0 aliphatic rings. The van der Waals surface area contributed by atoms with Crippen LogP contribution in [0.2, 0.25) is 0 Å². The number of carbonyl (C=O) groups is 1. The van der Waals surface area contributed by atoms with Crippen molar-refractivity contribution in [3.05, 3.63) is 30.3 Å². The number of carbonyl (C=O) groups excluding carboxylic acids is 1. The smallest absolute Gasteiger partial charge is 0.224 e. The van der Waals surface area contributed by atoms with Crippen LogP contribution in [0, 0.1) is 0 Å². The molecule has 1 rings (SSSR count). The minimum atomic E-state index is 0.112. The summed E-state index contributed by atoms with van der Waals surface area (Å²) < 4.78 is 0. The molecule has 0 unspecified atom stereocenters. The summed E-state index contributed by atoms with van der Waals surface area (Å²) in [7, 11) is 0. The third kappa shape index (κ3) is 5.42. The van der Waals surface area contributed by atoms with E-state index in [-0.39, 0.29) is 5.91 Å². The second-order valence-electron chi connectivity index (χ2n) is 4.07. The highest BCUT2D eigenvalue weighted by Gasteiger charge is 2.08. The number of para-hydroxylation sites is 1. The van der Waals surface area contributed by atoms with E-state index < -0.39 is 0 Å². The molecule has 0 aliphatic carbocycles. The number of nitrogens with one attached hydrogen (secondary N) is 1. The fourth-order valence-corrected chi connectivity index (χ4v) is 1.72. The first-order chi connectivity index (χ1) is 9.17. The van der Waals surface area contributed by atoms with Crippen LogP contribution in [0.4, 0.5) is 5.69 Å². The highest BCUT2D eigenvalue weighted by Crippen LogP contribution is 2.03. The van der Waals surface area contributed by atoms with Crippen LogP contribution in [0.3, 0.4) is 0 Å². The van der Waals surface area contributed by atoms with Gasteiger partial charge in [0.2, 0.25) is 5.91 Å². The van der Waals surface area contributed by atoms with Gasteiger partial charge in [-0.3, -0.25) is 9.79 Å². The molecule has 0 saturated heterocycles. The van der Waals surface area contributed by atoms with Crippen molar-refractivity contribution in [3.63, 3.8) is 0 Å². The van der Waals surface area contributed by atoms with E-state index in [1.807, 2.05) is 44.2 Å². The second-order valence-corrected chi connectivity index (χ2v) is 4.07. The zero-order chi connectivity index (χ0) is 14.1. The van der Waals surface area contributed by atoms with Gasteiger partial charge >= 0.3 is 0 Å². The lowest BCUT2D eigenvalue weighted by molar-refractivity contribution is -0.130. The van der Waals surface area contributed by atoms with Crippen LogP contribution < -0.4 is 11.1 Å². The highest BCUT2D eigenvalue weighted by molar-refractivity contribution is 5.92. The van der Waals surface area contributed by atoms with Gasteiger partial charge in [-0.25, -0.2) is 0 Å². The van der Waals surface area contributed by atoms with Crippen LogP contribution in [0.25, 0.3) is 0 Å². The Labute approximate surface area is 114 Å². The van der Waals surface area contributed by atoms with E-state index in [0.717, 1.165) is 18.8 Å². The topological polar surface area (TPSA) is 70.7 Å². The summed E-state index contributed by atoms with van der Waals surface area (Å²) >= 11 is 0. The molecule has 1 aromatic rings. The average molecular weight is 262 g/mol. The largest absolute Gasteiger partial charge is 0.370 e. The monoisotopic (exact) mass is 262 g/mol. The lowest BCUT2D eigenvalue weighted by Gasteiger charge is -2.17. The minimum absolute atomic E-state index is 0.112. The first kappa shape index (κ1) is 15.0. The normalized spacial score (nSPS) is 11.2. The maximum Gasteiger partial charge on any atom is 0.224 e. The summed E-state index contributed by atoms with van der Waals surface area (Å²) in [5.74, 6) is 0.444. The first-order valence-corrected chi connectivity index (χ1v) is 6.57. The Morgan fingerprint density at radius 1 is 1.26 bits per heavy atom. The van der Waals surface area contributed by atoms with E-state index in [4.69, 9.17) is 5.73 Å². The van der Waals surface area contributed by atoms with Gasteiger partial charge in [0.25, 0.3) is 0 Å². The number of hydrogen-bond acceptors (Lipinski definition) is 2. The molecule has 5 heteroatoms. The number of nitrogens with two attached hydrogens (primary N) is 1. The zero-order valence-electron chi connectivity index (χ0n) is 11.6. The molecule has 3 N–H and O–H groups in total. The van der Waals surface area contributed by atoms with Crippen molar-refractivity contribution in [2.75, 3.05) is 25.0 Å². The van der Waals surface area contributed by atoms with Gasteiger partial charge in [0, 0.05) is 25.2 Å². The fraction of sp³-hybridized carbons (Fsp3) is 0.429. The molecule has 0 atom stereocenters. The second kappa shape index (κ2) is 8.13. The summed E-state index contributed by atoms with van der Waals surface area (Å²) in [6.45, 7) is 5.81. The summed E-state index contributed by atoms with van der Waals surface area (Å²) in [6.07, 6.45) is 0.388. The number of hydrogen-bond donors (Lipinski definition) is 2. The van der Waals surface area contributed by atoms with Gasteiger partial charge in [-0.05, 0) is 26.0 Å². The van der Waals surface area contributed by atoms with Gasteiger partial charge in [-0.1, -0.05) is 18.2 Å². The third-order valence-corrected chi connectivity index (χ3v) is 2.77. The molecular weight excluding hydrogens is 240 g/mol. The molecule has 0 bridgehead atoms. The molecule has 0 heterocycles. The standard InChI is InChI=1S/C14H22N4O/c1-3-18(4-2)13(19)10-11-16-14(15)17-12-8-6-5-7-9-12/h5-9H,3-4,10-11H2,1-2H3,(H3,15,16,17). The molecule has 1 amide bonds. The molecule has 104 valence electrons. The quantitative estimate of drug-likeness (QED) is 0.605. The Hall–Kier alpha value is -2.04. The van der Waals surface area contributed by atoms with Crippen molar-refractivity contribution in [1.29, 1.82) is 0 Å². The Morgan fingerprint density at radius 2 is 1.89 bits per heavy atom. The van der Waals surface area contributed by atoms with Crippen LogP contribution in [0.5, 0.6) is 0 Å². The molecule has 0 fully saturated rings. The summed E-state index contributed by atoms with van der Waals surface area (Å²) in [4.78, 5) is 17.7. The Bertz CT molecular complexity index is 413. The molecule has 0 saturated carbocycles. The van der Waals surface area contributed by atoms with Crippen LogP contribution in [0.1, 0.15) is 20.3 Å². The average Bonchev–Trinajstić information content (AvgIpc) is 2.41. The molecule has 0 spiro atoms. The van der Waals surface area contributed by atoms with E-state index >= 15 is 0 Å². The Morgan fingerprint density at radius 3 is 2.47 bits per heavy atom. The maximum atomic E-state index is 11.7. The van der Waals surface area contributed by atoms with E-state index in [9.17, 15) is 4.79 Å². The van der Waals surface area contributed by atoms with Crippen molar-refractivity contribution >= 4 is 17.6 Å². The van der Waals surface area contributed by atoms with Crippen molar-refractivity contribution in [2.24, 2.45) is 10.7 Å². The van der Waals surface area contributed by atoms with Gasteiger partial charge in [0.1, 0.15) is 0 Å². The van der Waals surface area contributed by atoms with E-state index in [0.29, 0.717) is 18.9 Å². The van der Waals surface area contributed by atoms with Crippen molar-refractivity contribution in [1.82, 2.24) is 4.90 Å².